The first kappa shape index (κ1) is 18.5. The molecule has 26 heavy (non-hydrogen) atoms. The lowest BCUT2D eigenvalue weighted by Gasteiger charge is -2.28. The largest absolute Gasteiger partial charge is 0.375 e. The van der Waals surface area contributed by atoms with Gasteiger partial charge < -0.3 is 10.4 Å². The van der Waals surface area contributed by atoms with E-state index >= 15 is 0 Å². The van der Waals surface area contributed by atoms with Crippen molar-refractivity contribution in [1.82, 2.24) is 0 Å². The van der Waals surface area contributed by atoms with E-state index in [2.05, 4.69) is 0 Å². The normalized spacial score (nSPS) is 11.5. The molecule has 0 aliphatic heterocycles. The van der Waals surface area contributed by atoms with E-state index < -0.39 is 5.60 Å². The second-order valence-electron chi connectivity index (χ2n) is 6.20. The van der Waals surface area contributed by atoms with Gasteiger partial charge in [-0.05, 0) is 47.5 Å². The molecule has 0 heterocycles. The lowest BCUT2D eigenvalue weighted by molar-refractivity contribution is -0.682. The highest BCUT2D eigenvalue weighted by Gasteiger charge is 2.33. The third kappa shape index (κ3) is 4.28. The summed E-state index contributed by atoms with van der Waals surface area (Å²) in [4.78, 5) is 0. The van der Waals surface area contributed by atoms with Crippen LogP contribution in [0.5, 0.6) is 0 Å². The van der Waals surface area contributed by atoms with Crippen LogP contribution in [0, 0.1) is 11.6 Å². The maximum absolute atomic E-state index is 13.3. The Hall–Kier alpha value is -2.27. The van der Waals surface area contributed by atoms with E-state index in [1.807, 2.05) is 23.5 Å². The number of aliphatic hydroxyl groups is 1. The van der Waals surface area contributed by atoms with E-state index in [-0.39, 0.29) is 18.2 Å². The zero-order valence-electron chi connectivity index (χ0n) is 14.0. The fourth-order valence-corrected chi connectivity index (χ4v) is 3.18. The van der Waals surface area contributed by atoms with Crippen LogP contribution in [0.2, 0.25) is 5.02 Å². The van der Waals surface area contributed by atoms with Gasteiger partial charge in [0.1, 0.15) is 24.7 Å². The number of rotatable bonds is 6. The highest BCUT2D eigenvalue weighted by molar-refractivity contribution is 6.30. The van der Waals surface area contributed by atoms with Crippen molar-refractivity contribution in [3.63, 3.8) is 0 Å². The molecular formula is C21H19ClF2NO+. The number of hydrogen-bond donors (Lipinski definition) is 2. The zero-order valence-corrected chi connectivity index (χ0v) is 14.8. The van der Waals surface area contributed by atoms with Crippen molar-refractivity contribution in [2.75, 3.05) is 6.54 Å². The van der Waals surface area contributed by atoms with Crippen LogP contribution in [0.15, 0.2) is 72.8 Å². The number of nitrogens with two attached hydrogens (primary N) is 1. The van der Waals surface area contributed by atoms with Gasteiger partial charge >= 0.3 is 0 Å². The van der Waals surface area contributed by atoms with Crippen LogP contribution in [0.25, 0.3) is 0 Å². The minimum absolute atomic E-state index is 0.288. The van der Waals surface area contributed by atoms with Gasteiger partial charge in [-0.25, -0.2) is 8.78 Å². The molecule has 0 atom stereocenters. The maximum atomic E-state index is 13.3. The Bertz CT molecular complexity index is 820. The van der Waals surface area contributed by atoms with Crippen LogP contribution in [0.4, 0.5) is 8.78 Å². The third-order valence-electron chi connectivity index (χ3n) is 4.35. The van der Waals surface area contributed by atoms with Crippen molar-refractivity contribution in [3.8, 4) is 0 Å². The molecule has 0 aromatic heterocycles. The van der Waals surface area contributed by atoms with Crippen molar-refractivity contribution < 1.29 is 19.2 Å². The van der Waals surface area contributed by atoms with Crippen molar-refractivity contribution in [2.45, 2.75) is 12.1 Å². The molecule has 2 nitrogen and oxygen atoms in total. The average molecular weight is 375 g/mol. The van der Waals surface area contributed by atoms with Crippen LogP contribution in [-0.4, -0.2) is 11.7 Å². The maximum Gasteiger partial charge on any atom is 0.163 e. The highest BCUT2D eigenvalue weighted by atomic mass is 35.5. The van der Waals surface area contributed by atoms with Crippen LogP contribution >= 0.6 is 11.6 Å². The number of quaternary nitrogens is 1. The van der Waals surface area contributed by atoms with Gasteiger partial charge in [0.15, 0.2) is 5.60 Å². The summed E-state index contributed by atoms with van der Waals surface area (Å²) in [6.07, 6.45) is 0. The molecule has 5 heteroatoms. The Kier molecular flexibility index (Phi) is 5.67. The lowest BCUT2D eigenvalue weighted by Crippen LogP contribution is -2.86. The molecule has 3 aromatic rings. The van der Waals surface area contributed by atoms with E-state index in [1.54, 1.807) is 30.3 Å². The minimum Gasteiger partial charge on any atom is -0.375 e. The molecule has 0 saturated heterocycles. The fraction of sp³-hybridized carbons (Fsp3) is 0.143. The Balaban J connectivity index is 1.85. The molecule has 3 aromatic carbocycles. The van der Waals surface area contributed by atoms with Gasteiger partial charge in [0.25, 0.3) is 0 Å². The van der Waals surface area contributed by atoms with Gasteiger partial charge in [-0.1, -0.05) is 48.0 Å². The number of benzene rings is 3. The summed E-state index contributed by atoms with van der Waals surface area (Å²) in [6, 6.07) is 18.9. The lowest BCUT2D eigenvalue weighted by atomic mass is 9.86. The predicted octanol–water partition coefficient (Wildman–Crippen LogP) is 3.62. The van der Waals surface area contributed by atoms with Crippen LogP contribution < -0.4 is 5.32 Å². The monoisotopic (exact) mass is 374 g/mol. The average Bonchev–Trinajstić information content (AvgIpc) is 2.63. The summed E-state index contributed by atoms with van der Waals surface area (Å²) in [5.41, 5.74) is 0.749. The first-order chi connectivity index (χ1) is 12.5. The number of halogens is 3. The third-order valence-corrected chi connectivity index (χ3v) is 4.59. The molecule has 0 saturated carbocycles. The molecule has 0 unspecified atom stereocenters. The van der Waals surface area contributed by atoms with Gasteiger partial charge in [0.2, 0.25) is 0 Å². The molecule has 3 N–H and O–H groups in total. The summed E-state index contributed by atoms with van der Waals surface area (Å²) in [6.45, 7) is 0.905. The quantitative estimate of drug-likeness (QED) is 0.679. The summed E-state index contributed by atoms with van der Waals surface area (Å²) >= 11 is 6.00. The number of hydrogen-bond acceptors (Lipinski definition) is 1. The van der Waals surface area contributed by atoms with Crippen molar-refractivity contribution >= 4 is 11.6 Å². The molecular weight excluding hydrogens is 356 g/mol. The Morgan fingerprint density at radius 3 is 1.88 bits per heavy atom. The molecule has 3 rings (SSSR count). The predicted molar refractivity (Wildman–Crippen MR) is 97.7 cm³/mol. The van der Waals surface area contributed by atoms with E-state index in [9.17, 15) is 13.9 Å². The van der Waals surface area contributed by atoms with Crippen LogP contribution in [0.1, 0.15) is 16.7 Å². The van der Waals surface area contributed by atoms with Crippen LogP contribution in [-0.2, 0) is 12.1 Å². The van der Waals surface area contributed by atoms with Gasteiger partial charge in [-0.15, -0.1) is 0 Å². The Labute approximate surface area is 156 Å². The van der Waals surface area contributed by atoms with Crippen molar-refractivity contribution in [3.05, 3.63) is 106 Å². The fourth-order valence-electron chi connectivity index (χ4n) is 2.97. The van der Waals surface area contributed by atoms with Crippen LogP contribution in [0.3, 0.4) is 0 Å². The standard InChI is InChI=1S/C21H18ClF2NO/c22-18-3-1-2-15(12-18)13-25-14-21(26,16-4-8-19(23)9-5-16)17-6-10-20(24)11-7-17/h1-12,25-26H,13-14H2/p+1. The Morgan fingerprint density at radius 1 is 0.846 bits per heavy atom. The first-order valence-electron chi connectivity index (χ1n) is 8.28. The molecule has 0 spiro atoms. The molecule has 0 aliphatic carbocycles. The topological polar surface area (TPSA) is 36.8 Å². The smallest absolute Gasteiger partial charge is 0.163 e. The van der Waals surface area contributed by atoms with Gasteiger partial charge in [0, 0.05) is 10.6 Å². The van der Waals surface area contributed by atoms with Gasteiger partial charge in [0.05, 0.1) is 0 Å². The second kappa shape index (κ2) is 7.96. The summed E-state index contributed by atoms with van der Waals surface area (Å²) < 4.78 is 26.6. The van der Waals surface area contributed by atoms with E-state index in [1.165, 1.54) is 24.3 Å². The highest BCUT2D eigenvalue weighted by Crippen LogP contribution is 2.28. The SMILES string of the molecule is OC(C[NH2+]Cc1cccc(Cl)c1)(c1ccc(F)cc1)c1ccc(F)cc1. The Morgan fingerprint density at radius 2 is 1.38 bits per heavy atom. The van der Waals surface area contributed by atoms with Crippen molar-refractivity contribution in [1.29, 1.82) is 0 Å². The molecule has 0 fully saturated rings. The zero-order chi connectivity index (χ0) is 18.6. The summed E-state index contributed by atoms with van der Waals surface area (Å²) in [5, 5.41) is 14.0. The van der Waals surface area contributed by atoms with Gasteiger partial charge in [-0.2, -0.15) is 0 Å². The van der Waals surface area contributed by atoms with Gasteiger partial charge in [-0.3, -0.25) is 0 Å². The summed E-state index contributed by atoms with van der Waals surface area (Å²) in [7, 11) is 0. The molecule has 0 aliphatic rings. The second-order valence-corrected chi connectivity index (χ2v) is 6.64. The van der Waals surface area contributed by atoms with E-state index in [4.69, 9.17) is 11.6 Å². The molecule has 134 valence electrons. The van der Waals surface area contributed by atoms with E-state index in [0.29, 0.717) is 22.7 Å². The van der Waals surface area contributed by atoms with Crippen molar-refractivity contribution in [2.24, 2.45) is 0 Å². The first-order valence-corrected chi connectivity index (χ1v) is 8.66. The minimum atomic E-state index is -1.38. The molecule has 0 amide bonds. The molecule has 0 radical (unpaired) electrons. The van der Waals surface area contributed by atoms with E-state index in [0.717, 1.165) is 5.56 Å². The molecule has 0 bridgehead atoms. The summed E-state index contributed by atoms with van der Waals surface area (Å²) in [5.74, 6) is -0.753.